The summed E-state index contributed by atoms with van der Waals surface area (Å²) >= 11 is 0. The van der Waals surface area contributed by atoms with Gasteiger partial charge in [0.1, 0.15) is 5.52 Å². The van der Waals surface area contributed by atoms with Crippen LogP contribution in [0.5, 0.6) is 0 Å². The maximum atomic E-state index is 6.79. The minimum absolute atomic E-state index is 0.600. The number of anilines is 3. The van der Waals surface area contributed by atoms with E-state index < -0.39 is 0 Å². The number of fused-ring (bicyclic) bond motifs is 6. The average Bonchev–Trinajstić information content (AvgIpc) is 3.68. The lowest BCUT2D eigenvalue weighted by Crippen LogP contribution is -2.11. The molecule has 0 aliphatic carbocycles. The normalized spacial score (nSPS) is 11.5. The SMILES string of the molecule is c1ccc(-c2nc3c(o2)c(N(c2ccc(-c4cc5ccccc5c5ccccc45)cc2)c2ccccc2-c2ccccc2)cc2ccccc23)cc1. The highest BCUT2D eigenvalue weighted by Gasteiger charge is 2.24. The van der Waals surface area contributed by atoms with Crippen molar-refractivity contribution in [3.8, 4) is 33.7 Å². The van der Waals surface area contributed by atoms with E-state index in [1.54, 1.807) is 0 Å². The Morgan fingerprint density at radius 2 is 0.942 bits per heavy atom. The third-order valence-electron chi connectivity index (χ3n) is 10.1. The van der Waals surface area contributed by atoms with E-state index in [2.05, 4.69) is 169 Å². The monoisotopic (exact) mass is 664 g/mol. The molecule has 0 saturated carbocycles. The van der Waals surface area contributed by atoms with Crippen LogP contribution >= 0.6 is 0 Å². The van der Waals surface area contributed by atoms with Crippen molar-refractivity contribution in [2.45, 2.75) is 0 Å². The summed E-state index contributed by atoms with van der Waals surface area (Å²) in [6.45, 7) is 0. The van der Waals surface area contributed by atoms with Gasteiger partial charge in [0, 0.05) is 22.2 Å². The zero-order chi connectivity index (χ0) is 34.4. The first-order chi connectivity index (χ1) is 25.8. The largest absolute Gasteiger partial charge is 0.434 e. The number of benzene rings is 9. The second kappa shape index (κ2) is 12.4. The standard InChI is InChI=1S/C49H32N2O/c1-3-15-33(16-4-1)40-22-13-14-26-45(40)51(46-32-37-20-8-10-23-41(37)47-48(46)52-49(50-47)35-17-5-2-6-18-35)38-29-27-34(28-30-38)44-31-36-19-7-9-21-39(36)42-24-11-12-25-43(42)44/h1-32H. The number of para-hydroxylation sites is 1. The Kier molecular flexibility index (Phi) is 7.14. The number of nitrogens with zero attached hydrogens (tertiary/aromatic N) is 2. The van der Waals surface area contributed by atoms with E-state index in [1.807, 2.05) is 30.3 Å². The molecule has 10 rings (SSSR count). The lowest BCUT2D eigenvalue weighted by Gasteiger charge is -2.28. The zero-order valence-corrected chi connectivity index (χ0v) is 28.3. The summed E-state index contributed by atoms with van der Waals surface area (Å²) in [5.74, 6) is 0.600. The summed E-state index contributed by atoms with van der Waals surface area (Å²) in [6, 6.07) is 68.7. The Morgan fingerprint density at radius 3 is 1.69 bits per heavy atom. The molecule has 0 atom stereocenters. The average molecular weight is 665 g/mol. The third-order valence-corrected chi connectivity index (χ3v) is 10.1. The van der Waals surface area contributed by atoms with Crippen LogP contribution in [0.1, 0.15) is 0 Å². The molecular formula is C49H32N2O. The van der Waals surface area contributed by atoms with E-state index >= 15 is 0 Å². The first kappa shape index (κ1) is 29.9. The van der Waals surface area contributed by atoms with Crippen molar-refractivity contribution in [2.24, 2.45) is 0 Å². The van der Waals surface area contributed by atoms with Crippen molar-refractivity contribution < 1.29 is 4.42 Å². The number of hydrogen-bond acceptors (Lipinski definition) is 3. The number of rotatable bonds is 6. The molecule has 9 aromatic carbocycles. The van der Waals surface area contributed by atoms with Gasteiger partial charge >= 0.3 is 0 Å². The third kappa shape index (κ3) is 5.02. The molecule has 0 amide bonds. The summed E-state index contributed by atoms with van der Waals surface area (Å²) in [6.07, 6.45) is 0. The summed E-state index contributed by atoms with van der Waals surface area (Å²) in [5, 5.41) is 7.16. The predicted molar refractivity (Wildman–Crippen MR) is 218 cm³/mol. The van der Waals surface area contributed by atoms with Gasteiger partial charge in [-0.1, -0.05) is 152 Å². The summed E-state index contributed by atoms with van der Waals surface area (Å²) in [7, 11) is 0. The van der Waals surface area contributed by atoms with E-state index in [4.69, 9.17) is 9.40 Å². The van der Waals surface area contributed by atoms with Crippen LogP contribution in [-0.4, -0.2) is 4.98 Å². The lowest BCUT2D eigenvalue weighted by atomic mass is 9.93. The molecule has 0 N–H and O–H groups in total. The van der Waals surface area contributed by atoms with Gasteiger partial charge in [-0.3, -0.25) is 0 Å². The Bertz CT molecular complexity index is 2890. The van der Waals surface area contributed by atoms with Crippen LogP contribution in [0.25, 0.3) is 77.1 Å². The van der Waals surface area contributed by atoms with Crippen LogP contribution in [0.4, 0.5) is 17.1 Å². The Hall–Kier alpha value is -6.97. The molecule has 1 aromatic heterocycles. The Morgan fingerprint density at radius 1 is 0.385 bits per heavy atom. The van der Waals surface area contributed by atoms with Gasteiger partial charge in [-0.25, -0.2) is 4.98 Å². The predicted octanol–water partition coefficient (Wildman–Crippen LogP) is 13.8. The molecule has 0 radical (unpaired) electrons. The number of aromatic nitrogens is 1. The molecule has 244 valence electrons. The van der Waals surface area contributed by atoms with Gasteiger partial charge in [0.05, 0.1) is 11.4 Å². The van der Waals surface area contributed by atoms with Crippen LogP contribution in [0.15, 0.2) is 199 Å². The highest BCUT2D eigenvalue weighted by Crippen LogP contribution is 2.46. The van der Waals surface area contributed by atoms with E-state index in [-0.39, 0.29) is 0 Å². The molecule has 0 bridgehead atoms. The highest BCUT2D eigenvalue weighted by atomic mass is 16.3. The maximum absolute atomic E-state index is 6.79. The van der Waals surface area contributed by atoms with Gasteiger partial charge in [-0.2, -0.15) is 0 Å². The highest BCUT2D eigenvalue weighted by molar-refractivity contribution is 6.14. The molecule has 1 heterocycles. The molecular weight excluding hydrogens is 633 g/mol. The minimum atomic E-state index is 0.600. The fourth-order valence-electron chi connectivity index (χ4n) is 7.62. The van der Waals surface area contributed by atoms with E-state index in [9.17, 15) is 0 Å². The molecule has 52 heavy (non-hydrogen) atoms. The minimum Gasteiger partial charge on any atom is -0.434 e. The van der Waals surface area contributed by atoms with Crippen molar-refractivity contribution in [3.63, 3.8) is 0 Å². The summed E-state index contributed by atoms with van der Waals surface area (Å²) in [4.78, 5) is 7.47. The first-order valence-electron chi connectivity index (χ1n) is 17.6. The fourth-order valence-corrected chi connectivity index (χ4v) is 7.62. The topological polar surface area (TPSA) is 29.3 Å². The van der Waals surface area contributed by atoms with E-state index in [1.165, 1.54) is 27.1 Å². The molecule has 0 aliphatic rings. The van der Waals surface area contributed by atoms with Gasteiger partial charge in [0.25, 0.3) is 0 Å². The molecule has 0 fully saturated rings. The lowest BCUT2D eigenvalue weighted by molar-refractivity contribution is 0.620. The van der Waals surface area contributed by atoms with Crippen LogP contribution in [0, 0.1) is 0 Å². The molecule has 10 aromatic rings. The van der Waals surface area contributed by atoms with Gasteiger partial charge in [0.2, 0.25) is 5.89 Å². The summed E-state index contributed by atoms with van der Waals surface area (Å²) in [5.41, 5.74) is 10.2. The molecule has 0 spiro atoms. The number of oxazole rings is 1. The first-order valence-corrected chi connectivity index (χ1v) is 17.6. The molecule has 0 aliphatic heterocycles. The van der Waals surface area contributed by atoms with Gasteiger partial charge < -0.3 is 9.32 Å². The van der Waals surface area contributed by atoms with Crippen LogP contribution < -0.4 is 4.90 Å². The van der Waals surface area contributed by atoms with Crippen molar-refractivity contribution in [1.82, 2.24) is 4.98 Å². The number of hydrogen-bond donors (Lipinski definition) is 0. The van der Waals surface area contributed by atoms with Crippen LogP contribution in [-0.2, 0) is 0 Å². The van der Waals surface area contributed by atoms with Gasteiger partial charge in [-0.15, -0.1) is 0 Å². The van der Waals surface area contributed by atoms with Crippen LogP contribution in [0.2, 0.25) is 0 Å². The van der Waals surface area contributed by atoms with Crippen LogP contribution in [0.3, 0.4) is 0 Å². The molecule has 3 heteroatoms. The molecule has 3 nitrogen and oxygen atoms in total. The van der Waals surface area contributed by atoms with Crippen molar-refractivity contribution in [3.05, 3.63) is 194 Å². The molecule has 0 saturated heterocycles. The van der Waals surface area contributed by atoms with Gasteiger partial charge in [-0.05, 0) is 86.1 Å². The van der Waals surface area contributed by atoms with E-state index in [0.29, 0.717) is 5.89 Å². The zero-order valence-electron chi connectivity index (χ0n) is 28.3. The summed E-state index contributed by atoms with van der Waals surface area (Å²) < 4.78 is 6.79. The smallest absolute Gasteiger partial charge is 0.227 e. The molecule has 0 unspecified atom stereocenters. The maximum Gasteiger partial charge on any atom is 0.227 e. The van der Waals surface area contributed by atoms with Gasteiger partial charge in [0.15, 0.2) is 5.58 Å². The second-order valence-electron chi connectivity index (χ2n) is 13.1. The Labute approximate surface area is 301 Å². The van der Waals surface area contributed by atoms with Crippen molar-refractivity contribution >= 4 is 60.5 Å². The van der Waals surface area contributed by atoms with Crippen molar-refractivity contribution in [2.75, 3.05) is 4.90 Å². The second-order valence-corrected chi connectivity index (χ2v) is 13.1. The quantitative estimate of drug-likeness (QED) is 0.166. The van der Waals surface area contributed by atoms with E-state index in [0.717, 1.165) is 61.2 Å². The fraction of sp³-hybridized carbons (Fsp3) is 0. The van der Waals surface area contributed by atoms with Crippen molar-refractivity contribution in [1.29, 1.82) is 0 Å². The Balaban J connectivity index is 1.22.